The molecule has 0 fully saturated rings. The number of aliphatic carboxylic acids is 1. The van der Waals surface area contributed by atoms with Gasteiger partial charge in [0.2, 0.25) is 0 Å². The van der Waals surface area contributed by atoms with Gasteiger partial charge in [0.1, 0.15) is 24.0 Å². The van der Waals surface area contributed by atoms with Crippen molar-refractivity contribution in [3.63, 3.8) is 0 Å². The molecule has 0 atom stereocenters. The van der Waals surface area contributed by atoms with Gasteiger partial charge in [0.05, 0.1) is 5.56 Å². The summed E-state index contributed by atoms with van der Waals surface area (Å²) >= 11 is 0. The number of halogens is 1. The molecule has 0 amide bonds. The summed E-state index contributed by atoms with van der Waals surface area (Å²) in [5, 5.41) is 14.8. The number of carboxylic acids is 1. The molecule has 6 heteroatoms. The van der Waals surface area contributed by atoms with E-state index in [4.69, 9.17) is 25.8 Å². The van der Waals surface area contributed by atoms with E-state index < -0.39 is 11.8 Å². The van der Waals surface area contributed by atoms with Crippen LogP contribution in [0.3, 0.4) is 0 Å². The van der Waals surface area contributed by atoms with Gasteiger partial charge in [-0.05, 0) is 17.7 Å². The zero-order valence-corrected chi connectivity index (χ0v) is 12.0. The quantitative estimate of drug-likeness (QED) is 0.597. The van der Waals surface area contributed by atoms with Gasteiger partial charge >= 0.3 is 0 Å². The maximum absolute atomic E-state index is 13.5. The summed E-state index contributed by atoms with van der Waals surface area (Å²) in [4.78, 5) is 9.00. The molecule has 0 radical (unpaired) electrons. The number of hydrogen-bond donors (Lipinski definition) is 3. The lowest BCUT2D eigenvalue weighted by Gasteiger charge is -2.11. The number of nitrogens with one attached hydrogen (secondary N) is 1. The number of amidine groups is 1. The second kappa shape index (κ2) is 8.41. The zero-order chi connectivity index (χ0) is 16.5. The number of carbonyl (C=O) groups is 1. The first kappa shape index (κ1) is 17.2. The molecule has 0 bridgehead atoms. The fraction of sp³-hybridized carbons (Fsp3) is 0.125. The maximum Gasteiger partial charge on any atom is 0.300 e. The first-order valence-corrected chi connectivity index (χ1v) is 6.41. The Hall–Kier alpha value is -2.89. The highest BCUT2D eigenvalue weighted by Crippen LogP contribution is 2.21. The Labute approximate surface area is 127 Å². The highest BCUT2D eigenvalue weighted by Gasteiger charge is 2.12. The second-order valence-electron chi connectivity index (χ2n) is 4.32. The van der Waals surface area contributed by atoms with Gasteiger partial charge in [-0.2, -0.15) is 0 Å². The van der Waals surface area contributed by atoms with Crippen LogP contribution in [0.1, 0.15) is 18.1 Å². The third-order valence-corrected chi connectivity index (χ3v) is 2.48. The minimum absolute atomic E-state index is 0.00781. The Morgan fingerprint density at radius 2 is 1.82 bits per heavy atom. The molecule has 0 aliphatic heterocycles. The van der Waals surface area contributed by atoms with Crippen molar-refractivity contribution in [1.82, 2.24) is 0 Å². The summed E-state index contributed by atoms with van der Waals surface area (Å²) < 4.78 is 19.0. The van der Waals surface area contributed by atoms with E-state index in [9.17, 15) is 4.39 Å². The van der Waals surface area contributed by atoms with Crippen molar-refractivity contribution >= 4 is 11.8 Å². The smallest absolute Gasteiger partial charge is 0.300 e. The Kier molecular flexibility index (Phi) is 6.56. The van der Waals surface area contributed by atoms with Crippen molar-refractivity contribution in [2.45, 2.75) is 13.5 Å². The van der Waals surface area contributed by atoms with Crippen LogP contribution >= 0.6 is 0 Å². The summed E-state index contributed by atoms with van der Waals surface area (Å²) in [6, 6.07) is 13.9. The van der Waals surface area contributed by atoms with Crippen molar-refractivity contribution < 1.29 is 19.0 Å². The van der Waals surface area contributed by atoms with Crippen LogP contribution < -0.4 is 10.5 Å². The molecule has 0 saturated carbocycles. The largest absolute Gasteiger partial charge is 0.488 e. The SMILES string of the molecule is CC(=O)O.N=C(N)c1c(F)cccc1OCc1ccccc1. The van der Waals surface area contributed by atoms with E-state index in [1.165, 1.54) is 12.1 Å². The molecule has 2 aromatic carbocycles. The number of hydrogen-bond acceptors (Lipinski definition) is 3. The lowest BCUT2D eigenvalue weighted by molar-refractivity contribution is -0.134. The van der Waals surface area contributed by atoms with Crippen molar-refractivity contribution in [3.05, 3.63) is 65.5 Å². The van der Waals surface area contributed by atoms with E-state index in [-0.39, 0.29) is 17.1 Å². The first-order valence-electron chi connectivity index (χ1n) is 6.41. The van der Waals surface area contributed by atoms with Gasteiger partial charge in [0.15, 0.2) is 0 Å². The highest BCUT2D eigenvalue weighted by molar-refractivity contribution is 5.97. The van der Waals surface area contributed by atoms with Crippen LogP contribution in [0.15, 0.2) is 48.5 Å². The Bertz CT molecular complexity index is 641. The van der Waals surface area contributed by atoms with E-state index in [1.807, 2.05) is 30.3 Å². The van der Waals surface area contributed by atoms with Crippen LogP contribution in [0, 0.1) is 11.2 Å². The number of ether oxygens (including phenoxy) is 1. The number of nitrogens with two attached hydrogens (primary N) is 1. The molecule has 2 aromatic rings. The minimum Gasteiger partial charge on any atom is -0.488 e. The van der Waals surface area contributed by atoms with Crippen LogP contribution in [0.2, 0.25) is 0 Å². The van der Waals surface area contributed by atoms with Gasteiger partial charge in [-0.25, -0.2) is 4.39 Å². The summed E-state index contributed by atoms with van der Waals surface area (Å²) in [5.41, 5.74) is 6.32. The molecule has 0 aromatic heterocycles. The van der Waals surface area contributed by atoms with Crippen LogP contribution in [0.5, 0.6) is 5.75 Å². The molecular formula is C16H17FN2O3. The molecular weight excluding hydrogens is 287 g/mol. The summed E-state index contributed by atoms with van der Waals surface area (Å²) in [6.45, 7) is 1.39. The van der Waals surface area contributed by atoms with Crippen molar-refractivity contribution in [2.24, 2.45) is 5.73 Å². The molecule has 22 heavy (non-hydrogen) atoms. The summed E-state index contributed by atoms with van der Waals surface area (Å²) in [5.74, 6) is -1.43. The molecule has 5 nitrogen and oxygen atoms in total. The molecule has 116 valence electrons. The molecule has 0 heterocycles. The third kappa shape index (κ3) is 5.62. The van der Waals surface area contributed by atoms with Crippen molar-refractivity contribution in [3.8, 4) is 5.75 Å². The summed E-state index contributed by atoms with van der Waals surface area (Å²) in [6.07, 6.45) is 0. The average Bonchev–Trinajstić information content (AvgIpc) is 2.45. The topological polar surface area (TPSA) is 96.4 Å². The van der Waals surface area contributed by atoms with E-state index in [2.05, 4.69) is 0 Å². The van der Waals surface area contributed by atoms with Crippen LogP contribution in [-0.4, -0.2) is 16.9 Å². The molecule has 0 spiro atoms. The lowest BCUT2D eigenvalue weighted by Crippen LogP contribution is -2.15. The van der Waals surface area contributed by atoms with Gasteiger partial charge in [0, 0.05) is 6.92 Å². The lowest BCUT2D eigenvalue weighted by atomic mass is 10.1. The van der Waals surface area contributed by atoms with Crippen molar-refractivity contribution in [1.29, 1.82) is 5.41 Å². The monoisotopic (exact) mass is 304 g/mol. The Morgan fingerprint density at radius 1 is 1.23 bits per heavy atom. The van der Waals surface area contributed by atoms with E-state index in [0.717, 1.165) is 12.5 Å². The number of carboxylic acid groups (broad SMARTS) is 1. The Morgan fingerprint density at radius 3 is 2.36 bits per heavy atom. The standard InChI is InChI=1S/C14H13FN2O.C2H4O2/c15-11-7-4-8-12(13(11)14(16)17)18-9-10-5-2-1-3-6-10;1-2(3)4/h1-8H,9H2,(H3,16,17);1H3,(H,3,4). The van der Waals surface area contributed by atoms with E-state index >= 15 is 0 Å². The molecule has 2 rings (SSSR count). The van der Waals surface area contributed by atoms with E-state index in [1.54, 1.807) is 6.07 Å². The molecule has 0 unspecified atom stereocenters. The third-order valence-electron chi connectivity index (χ3n) is 2.48. The van der Waals surface area contributed by atoms with Gasteiger partial charge in [0.25, 0.3) is 5.97 Å². The number of nitrogen functional groups attached to an aromatic ring is 1. The zero-order valence-electron chi connectivity index (χ0n) is 12.0. The first-order chi connectivity index (χ1) is 10.4. The fourth-order valence-corrected chi connectivity index (χ4v) is 1.62. The fourth-order valence-electron chi connectivity index (χ4n) is 1.62. The van der Waals surface area contributed by atoms with Crippen LogP contribution in [0.4, 0.5) is 4.39 Å². The van der Waals surface area contributed by atoms with Crippen LogP contribution in [0.25, 0.3) is 0 Å². The van der Waals surface area contributed by atoms with Crippen LogP contribution in [-0.2, 0) is 11.4 Å². The predicted molar refractivity (Wildman–Crippen MR) is 81.5 cm³/mol. The number of benzene rings is 2. The maximum atomic E-state index is 13.5. The van der Waals surface area contributed by atoms with Crippen molar-refractivity contribution in [2.75, 3.05) is 0 Å². The molecule has 4 N–H and O–H groups in total. The molecule has 0 aliphatic rings. The van der Waals surface area contributed by atoms with Gasteiger partial charge in [-0.15, -0.1) is 0 Å². The minimum atomic E-state index is -0.833. The molecule has 0 aliphatic carbocycles. The van der Waals surface area contributed by atoms with Gasteiger partial charge in [-0.1, -0.05) is 36.4 Å². The second-order valence-corrected chi connectivity index (χ2v) is 4.32. The van der Waals surface area contributed by atoms with E-state index in [0.29, 0.717) is 6.61 Å². The summed E-state index contributed by atoms with van der Waals surface area (Å²) in [7, 11) is 0. The predicted octanol–water partition coefficient (Wildman–Crippen LogP) is 2.78. The number of rotatable bonds is 4. The normalized spacial score (nSPS) is 9.36. The Balaban J connectivity index is 0.000000541. The van der Waals surface area contributed by atoms with Gasteiger partial charge < -0.3 is 15.6 Å². The molecule has 0 saturated heterocycles. The highest BCUT2D eigenvalue weighted by atomic mass is 19.1. The van der Waals surface area contributed by atoms with Gasteiger partial charge in [-0.3, -0.25) is 10.2 Å². The average molecular weight is 304 g/mol.